The lowest BCUT2D eigenvalue weighted by Gasteiger charge is -2.57. The Balaban J connectivity index is 1.17. The largest absolute Gasteiger partial charge is 0.478 e. The fraction of sp³-hybridized carbons (Fsp3) is 0.370. The van der Waals surface area contributed by atoms with Crippen molar-refractivity contribution in [1.82, 2.24) is 9.97 Å². The molecule has 0 aliphatic heterocycles. The van der Waals surface area contributed by atoms with Gasteiger partial charge in [-0.15, -0.1) is 0 Å². The maximum Gasteiger partial charge on any atom is 0.339 e. The summed E-state index contributed by atoms with van der Waals surface area (Å²) in [6.45, 7) is 0. The van der Waals surface area contributed by atoms with Gasteiger partial charge >= 0.3 is 5.97 Å². The second-order valence-corrected chi connectivity index (χ2v) is 10.7. The van der Waals surface area contributed by atoms with Crippen LogP contribution in [0.4, 0.5) is 23.0 Å². The smallest absolute Gasteiger partial charge is 0.339 e. The summed E-state index contributed by atoms with van der Waals surface area (Å²) in [6, 6.07) is 13.3. The molecule has 0 saturated heterocycles. The zero-order valence-electron chi connectivity index (χ0n) is 18.8. The molecule has 6 nitrogen and oxygen atoms in total. The van der Waals surface area contributed by atoms with E-state index >= 15 is 0 Å². The van der Waals surface area contributed by atoms with Gasteiger partial charge in [0.05, 0.1) is 22.6 Å². The van der Waals surface area contributed by atoms with Crippen molar-refractivity contribution in [1.29, 1.82) is 0 Å². The summed E-state index contributed by atoms with van der Waals surface area (Å²) in [7, 11) is 0. The lowest BCUT2D eigenvalue weighted by molar-refractivity contribution is -0.00518. The molecule has 1 aromatic carbocycles. The van der Waals surface area contributed by atoms with E-state index in [2.05, 4.69) is 38.8 Å². The van der Waals surface area contributed by atoms with Crippen molar-refractivity contribution in [3.8, 4) is 0 Å². The van der Waals surface area contributed by atoms with Crippen molar-refractivity contribution >= 4 is 40.6 Å². The van der Waals surface area contributed by atoms with Crippen molar-refractivity contribution < 1.29 is 9.90 Å². The second-order valence-electron chi connectivity index (χ2n) is 10.3. The zero-order chi connectivity index (χ0) is 23.3. The van der Waals surface area contributed by atoms with Gasteiger partial charge in [0.25, 0.3) is 0 Å². The van der Waals surface area contributed by atoms with Crippen LogP contribution in [0.3, 0.4) is 0 Å². The van der Waals surface area contributed by atoms with Crippen molar-refractivity contribution in [2.75, 3.05) is 10.6 Å². The Labute approximate surface area is 203 Å². The molecule has 0 spiro atoms. The molecule has 4 bridgehead atoms. The molecule has 2 aromatic heterocycles. The number of pyridine rings is 2. The van der Waals surface area contributed by atoms with Crippen LogP contribution in [0.15, 0.2) is 54.9 Å². The number of benzene rings is 1. The number of carboxylic acids is 1. The Hall–Kier alpha value is -3.12. The highest BCUT2D eigenvalue weighted by atomic mass is 35.5. The van der Waals surface area contributed by atoms with Gasteiger partial charge in [0.15, 0.2) is 0 Å². The van der Waals surface area contributed by atoms with E-state index in [1.807, 2.05) is 6.07 Å². The molecule has 3 aromatic rings. The fourth-order valence-corrected chi connectivity index (χ4v) is 7.13. The molecule has 174 valence electrons. The number of hydrogen-bond acceptors (Lipinski definition) is 5. The summed E-state index contributed by atoms with van der Waals surface area (Å²) < 4.78 is 0. The summed E-state index contributed by atoms with van der Waals surface area (Å²) in [5, 5.41) is 16.4. The molecule has 4 saturated carbocycles. The fourth-order valence-electron chi connectivity index (χ4n) is 6.91. The lowest BCUT2D eigenvalue weighted by atomic mass is 9.48. The predicted molar refractivity (Wildman–Crippen MR) is 133 cm³/mol. The molecule has 7 heteroatoms. The van der Waals surface area contributed by atoms with E-state index in [1.165, 1.54) is 50.2 Å². The molecular formula is C27H27ClN4O2. The first kappa shape index (κ1) is 21.4. The van der Waals surface area contributed by atoms with Crippen LogP contribution in [0.1, 0.15) is 54.4 Å². The predicted octanol–water partition coefficient (Wildman–Crippen LogP) is 6.78. The van der Waals surface area contributed by atoms with Crippen LogP contribution in [0.5, 0.6) is 0 Å². The number of nitrogens with zero attached hydrogens (tertiary/aromatic N) is 2. The highest BCUT2D eigenvalue weighted by Gasteiger charge is 2.51. The van der Waals surface area contributed by atoms with Crippen LogP contribution in [-0.2, 0) is 5.41 Å². The molecule has 0 amide bonds. The summed E-state index contributed by atoms with van der Waals surface area (Å²) in [5.74, 6) is 2.43. The Kier molecular flexibility index (Phi) is 5.21. The molecule has 4 aliphatic rings. The van der Waals surface area contributed by atoms with Crippen LogP contribution in [0.25, 0.3) is 0 Å². The number of halogens is 1. The molecule has 34 heavy (non-hydrogen) atoms. The first-order valence-corrected chi connectivity index (χ1v) is 12.3. The van der Waals surface area contributed by atoms with Gasteiger partial charge in [0.2, 0.25) is 0 Å². The number of nitrogens with one attached hydrogen (secondary N) is 2. The summed E-state index contributed by atoms with van der Waals surface area (Å²) >= 11 is 6.75. The second kappa shape index (κ2) is 8.27. The molecule has 2 heterocycles. The van der Waals surface area contributed by atoms with E-state index in [-0.39, 0.29) is 11.4 Å². The van der Waals surface area contributed by atoms with Crippen LogP contribution < -0.4 is 10.6 Å². The molecule has 0 atom stereocenters. The number of hydrogen-bond donors (Lipinski definition) is 3. The maximum atomic E-state index is 11.4. The van der Waals surface area contributed by atoms with Gasteiger partial charge in [0.1, 0.15) is 17.2 Å². The molecule has 3 N–H and O–H groups in total. The Morgan fingerprint density at radius 3 is 2.32 bits per heavy atom. The third-order valence-electron chi connectivity index (χ3n) is 7.95. The molecule has 4 aliphatic carbocycles. The SMILES string of the molecule is O=C(O)c1cccnc1Nc1ccc(Nc2ccc(C34CC5CC(CC(C5)C3)C4)cc2Cl)cn1. The van der Waals surface area contributed by atoms with Gasteiger partial charge in [0, 0.05) is 6.20 Å². The van der Waals surface area contributed by atoms with Crippen molar-refractivity contribution in [3.63, 3.8) is 0 Å². The van der Waals surface area contributed by atoms with Gasteiger partial charge in [-0.2, -0.15) is 0 Å². The van der Waals surface area contributed by atoms with Gasteiger partial charge < -0.3 is 15.7 Å². The molecule has 0 radical (unpaired) electrons. The van der Waals surface area contributed by atoms with Gasteiger partial charge in [-0.05, 0) is 104 Å². The molecule has 4 fully saturated rings. The highest BCUT2D eigenvalue weighted by Crippen LogP contribution is 2.61. The zero-order valence-corrected chi connectivity index (χ0v) is 19.6. The quantitative estimate of drug-likeness (QED) is 0.365. The highest BCUT2D eigenvalue weighted by molar-refractivity contribution is 6.33. The van der Waals surface area contributed by atoms with E-state index in [1.54, 1.807) is 24.5 Å². The number of aromatic nitrogens is 2. The number of rotatable bonds is 6. The number of carboxylic acid groups (broad SMARTS) is 1. The van der Waals surface area contributed by atoms with Crippen molar-refractivity contribution in [2.24, 2.45) is 17.8 Å². The third kappa shape index (κ3) is 3.90. The average molecular weight is 475 g/mol. The van der Waals surface area contributed by atoms with E-state index in [4.69, 9.17) is 11.6 Å². The summed E-state index contributed by atoms with van der Waals surface area (Å²) in [6.07, 6.45) is 11.5. The average Bonchev–Trinajstić information content (AvgIpc) is 2.81. The van der Waals surface area contributed by atoms with Crippen LogP contribution in [0, 0.1) is 17.8 Å². The molecule has 0 unspecified atom stereocenters. The van der Waals surface area contributed by atoms with Crippen molar-refractivity contribution in [3.05, 3.63) is 71.0 Å². The number of aromatic carboxylic acids is 1. The number of carbonyl (C=O) groups is 1. The monoisotopic (exact) mass is 474 g/mol. The summed E-state index contributed by atoms with van der Waals surface area (Å²) in [4.78, 5) is 19.9. The Morgan fingerprint density at radius 1 is 0.971 bits per heavy atom. The molecular weight excluding hydrogens is 448 g/mol. The maximum absolute atomic E-state index is 11.4. The first-order valence-electron chi connectivity index (χ1n) is 12.0. The minimum absolute atomic E-state index is 0.0948. The van der Waals surface area contributed by atoms with E-state index in [9.17, 15) is 9.90 Å². The van der Waals surface area contributed by atoms with Crippen molar-refractivity contribution in [2.45, 2.75) is 43.9 Å². The van der Waals surface area contributed by atoms with Gasteiger partial charge in [-0.3, -0.25) is 0 Å². The Morgan fingerprint density at radius 2 is 1.71 bits per heavy atom. The lowest BCUT2D eigenvalue weighted by Crippen LogP contribution is -2.48. The minimum Gasteiger partial charge on any atom is -0.478 e. The van der Waals surface area contributed by atoms with Crippen LogP contribution >= 0.6 is 11.6 Å². The third-order valence-corrected chi connectivity index (χ3v) is 8.26. The standard InChI is InChI=1S/C27H27ClN4O2/c28-22-11-19(27-12-16-8-17(13-27)10-18(9-16)14-27)3-5-23(22)31-20-4-6-24(30-15-20)32-25-21(26(33)34)2-1-7-29-25/h1-7,11,15-18,31H,8-10,12-14H2,(H,33,34)(H,29,30,32). The van der Waals surface area contributed by atoms with E-state index < -0.39 is 5.97 Å². The summed E-state index contributed by atoms with van der Waals surface area (Å²) in [5.41, 5.74) is 3.48. The first-order chi connectivity index (χ1) is 16.5. The minimum atomic E-state index is -1.04. The number of anilines is 4. The van der Waals surface area contributed by atoms with Gasteiger partial charge in [-0.1, -0.05) is 17.7 Å². The van der Waals surface area contributed by atoms with Gasteiger partial charge in [-0.25, -0.2) is 14.8 Å². The van der Waals surface area contributed by atoms with E-state index in [0.717, 1.165) is 34.2 Å². The van der Waals surface area contributed by atoms with E-state index in [0.29, 0.717) is 11.2 Å². The molecule has 7 rings (SSSR count). The topological polar surface area (TPSA) is 87.1 Å². The van der Waals surface area contributed by atoms with Crippen LogP contribution in [-0.4, -0.2) is 21.0 Å². The normalized spacial score (nSPS) is 26.9. The van der Waals surface area contributed by atoms with Crippen LogP contribution in [0.2, 0.25) is 5.02 Å². The Bertz CT molecular complexity index is 1210.